The molecular weight excluding hydrogens is 392 g/mol. The third kappa shape index (κ3) is 4.67. The number of pyridine rings is 1. The SMILES string of the molecule is CCn1ncc2c(N[C@H](C)C3CCCCC3)c(C(=O)NC3CCCCNC3=O)cnc21. The van der Waals surface area contributed by atoms with Crippen molar-refractivity contribution in [3.8, 4) is 0 Å². The van der Waals surface area contributed by atoms with Crippen molar-refractivity contribution in [3.63, 3.8) is 0 Å². The van der Waals surface area contributed by atoms with Crippen LogP contribution in [0.5, 0.6) is 0 Å². The Morgan fingerprint density at radius 3 is 2.74 bits per heavy atom. The lowest BCUT2D eigenvalue weighted by Gasteiger charge is -2.30. The second kappa shape index (κ2) is 9.66. The predicted molar refractivity (Wildman–Crippen MR) is 121 cm³/mol. The van der Waals surface area contributed by atoms with Gasteiger partial charge in [0, 0.05) is 25.3 Å². The Morgan fingerprint density at radius 1 is 1.19 bits per heavy atom. The maximum Gasteiger partial charge on any atom is 0.255 e. The summed E-state index contributed by atoms with van der Waals surface area (Å²) in [6, 6.07) is -0.267. The van der Waals surface area contributed by atoms with Gasteiger partial charge in [0.25, 0.3) is 5.91 Å². The Labute approximate surface area is 183 Å². The topological polar surface area (TPSA) is 101 Å². The van der Waals surface area contributed by atoms with E-state index < -0.39 is 6.04 Å². The van der Waals surface area contributed by atoms with Crippen LogP contribution in [0.4, 0.5) is 5.69 Å². The molecule has 0 radical (unpaired) electrons. The van der Waals surface area contributed by atoms with E-state index in [0.717, 1.165) is 29.6 Å². The maximum absolute atomic E-state index is 13.3. The molecule has 2 fully saturated rings. The molecule has 2 aromatic rings. The first-order chi connectivity index (χ1) is 15.1. The van der Waals surface area contributed by atoms with Crippen LogP contribution in [-0.4, -0.2) is 45.2 Å². The van der Waals surface area contributed by atoms with Gasteiger partial charge in [-0.1, -0.05) is 19.3 Å². The molecular formula is C23H34N6O2. The van der Waals surface area contributed by atoms with Gasteiger partial charge in [-0.2, -0.15) is 5.10 Å². The van der Waals surface area contributed by atoms with Gasteiger partial charge in [-0.25, -0.2) is 9.67 Å². The summed E-state index contributed by atoms with van der Waals surface area (Å²) in [5.74, 6) is 0.213. The molecule has 3 heterocycles. The van der Waals surface area contributed by atoms with Gasteiger partial charge in [-0.05, 0) is 51.9 Å². The Bertz CT molecular complexity index is 934. The lowest BCUT2D eigenvalue weighted by Crippen LogP contribution is -2.45. The number of hydrogen-bond acceptors (Lipinski definition) is 5. The minimum absolute atomic E-state index is 0.108. The molecule has 8 heteroatoms. The number of hydrogen-bond donors (Lipinski definition) is 3. The van der Waals surface area contributed by atoms with Crippen molar-refractivity contribution >= 4 is 28.5 Å². The van der Waals surface area contributed by atoms with E-state index in [0.29, 0.717) is 31.0 Å². The number of carbonyl (C=O) groups is 2. The van der Waals surface area contributed by atoms with Crippen molar-refractivity contribution < 1.29 is 9.59 Å². The van der Waals surface area contributed by atoms with E-state index in [9.17, 15) is 9.59 Å². The highest BCUT2D eigenvalue weighted by Gasteiger charge is 2.27. The molecule has 1 saturated heterocycles. The molecule has 2 amide bonds. The number of amides is 2. The van der Waals surface area contributed by atoms with Crippen LogP contribution in [0.25, 0.3) is 11.0 Å². The van der Waals surface area contributed by atoms with E-state index in [1.165, 1.54) is 32.1 Å². The standard InChI is InChI=1S/C23H34N6O2/c1-3-29-21-17(14-26-29)20(27-15(2)16-9-5-4-6-10-16)18(13-25-21)22(30)28-19-11-7-8-12-24-23(19)31/h13-16,19H,3-12H2,1-2H3,(H,24,31)(H,25,27)(H,28,30)/t15-,19?/m1/s1. The minimum Gasteiger partial charge on any atom is -0.381 e. The molecule has 2 aliphatic rings. The summed E-state index contributed by atoms with van der Waals surface area (Å²) in [6.07, 6.45) is 12.2. The zero-order chi connectivity index (χ0) is 21.8. The predicted octanol–water partition coefficient (Wildman–Crippen LogP) is 3.23. The summed E-state index contributed by atoms with van der Waals surface area (Å²) in [6.45, 7) is 5.60. The smallest absolute Gasteiger partial charge is 0.255 e. The molecule has 0 spiro atoms. The van der Waals surface area contributed by atoms with Crippen molar-refractivity contribution in [2.24, 2.45) is 5.92 Å². The number of nitrogens with zero attached hydrogens (tertiary/aromatic N) is 3. The van der Waals surface area contributed by atoms with Crippen LogP contribution >= 0.6 is 0 Å². The van der Waals surface area contributed by atoms with E-state index in [2.05, 4.69) is 33.0 Å². The Morgan fingerprint density at radius 2 is 1.97 bits per heavy atom. The van der Waals surface area contributed by atoms with Gasteiger partial charge in [0.1, 0.15) is 6.04 Å². The summed E-state index contributed by atoms with van der Waals surface area (Å²) in [5, 5.41) is 14.8. The number of rotatable bonds is 6. The molecule has 1 aliphatic heterocycles. The first-order valence-corrected chi connectivity index (χ1v) is 11.8. The third-order valence-corrected chi connectivity index (χ3v) is 6.78. The molecule has 168 valence electrons. The molecule has 3 N–H and O–H groups in total. The second-order valence-corrected chi connectivity index (χ2v) is 8.89. The quantitative estimate of drug-likeness (QED) is 0.658. The second-order valence-electron chi connectivity index (χ2n) is 8.89. The van der Waals surface area contributed by atoms with E-state index in [-0.39, 0.29) is 17.9 Å². The summed E-state index contributed by atoms with van der Waals surface area (Å²) < 4.78 is 1.84. The van der Waals surface area contributed by atoms with Gasteiger partial charge in [-0.3, -0.25) is 9.59 Å². The molecule has 8 nitrogen and oxygen atoms in total. The fourth-order valence-corrected chi connectivity index (χ4v) is 4.88. The fourth-order valence-electron chi connectivity index (χ4n) is 4.88. The zero-order valence-electron chi connectivity index (χ0n) is 18.6. The van der Waals surface area contributed by atoms with Crippen LogP contribution in [-0.2, 0) is 11.3 Å². The molecule has 2 atom stereocenters. The molecule has 1 unspecified atom stereocenters. The molecule has 0 bridgehead atoms. The van der Waals surface area contributed by atoms with E-state index in [4.69, 9.17) is 0 Å². The highest BCUT2D eigenvalue weighted by molar-refractivity contribution is 6.07. The summed E-state index contributed by atoms with van der Waals surface area (Å²) >= 11 is 0. The molecule has 0 aromatic carbocycles. The number of aryl methyl sites for hydroxylation is 1. The average molecular weight is 427 g/mol. The summed E-state index contributed by atoms with van der Waals surface area (Å²) in [5.41, 5.74) is 2.02. The average Bonchev–Trinajstić information content (AvgIpc) is 3.11. The highest BCUT2D eigenvalue weighted by atomic mass is 16.2. The van der Waals surface area contributed by atoms with Gasteiger partial charge in [0.15, 0.2) is 5.65 Å². The van der Waals surface area contributed by atoms with Crippen molar-refractivity contribution in [1.82, 2.24) is 25.4 Å². The molecule has 2 aromatic heterocycles. The van der Waals surface area contributed by atoms with Crippen molar-refractivity contribution in [2.45, 2.75) is 83.8 Å². The van der Waals surface area contributed by atoms with Gasteiger partial charge >= 0.3 is 0 Å². The van der Waals surface area contributed by atoms with E-state index >= 15 is 0 Å². The largest absolute Gasteiger partial charge is 0.381 e. The van der Waals surface area contributed by atoms with Crippen LogP contribution in [0.15, 0.2) is 12.4 Å². The molecule has 1 saturated carbocycles. The highest BCUT2D eigenvalue weighted by Crippen LogP contribution is 2.32. The number of nitrogens with one attached hydrogen (secondary N) is 3. The fraction of sp³-hybridized carbons (Fsp3) is 0.652. The van der Waals surface area contributed by atoms with Crippen LogP contribution in [0.2, 0.25) is 0 Å². The van der Waals surface area contributed by atoms with Gasteiger partial charge in [0.2, 0.25) is 5.91 Å². The first-order valence-electron chi connectivity index (χ1n) is 11.8. The summed E-state index contributed by atoms with van der Waals surface area (Å²) in [7, 11) is 0. The van der Waals surface area contributed by atoms with Gasteiger partial charge in [-0.15, -0.1) is 0 Å². The van der Waals surface area contributed by atoms with E-state index in [1.54, 1.807) is 12.4 Å². The number of fused-ring (bicyclic) bond motifs is 1. The van der Waals surface area contributed by atoms with Crippen LogP contribution in [0.3, 0.4) is 0 Å². The van der Waals surface area contributed by atoms with Crippen LogP contribution in [0.1, 0.15) is 75.6 Å². The maximum atomic E-state index is 13.3. The number of aromatic nitrogens is 3. The first kappa shape index (κ1) is 21.6. The van der Waals surface area contributed by atoms with Crippen molar-refractivity contribution in [2.75, 3.05) is 11.9 Å². The van der Waals surface area contributed by atoms with Crippen molar-refractivity contribution in [3.05, 3.63) is 18.0 Å². The number of carbonyl (C=O) groups excluding carboxylic acids is 2. The Hall–Kier alpha value is -2.64. The van der Waals surface area contributed by atoms with E-state index in [1.807, 2.05) is 11.6 Å². The van der Waals surface area contributed by atoms with Crippen LogP contribution in [0, 0.1) is 5.92 Å². The van der Waals surface area contributed by atoms with Gasteiger partial charge in [0.05, 0.1) is 22.8 Å². The third-order valence-electron chi connectivity index (χ3n) is 6.78. The normalized spacial score (nSPS) is 21.4. The summed E-state index contributed by atoms with van der Waals surface area (Å²) in [4.78, 5) is 30.1. The zero-order valence-corrected chi connectivity index (χ0v) is 18.6. The lowest BCUT2D eigenvalue weighted by molar-refractivity contribution is -0.122. The van der Waals surface area contributed by atoms with Crippen LogP contribution < -0.4 is 16.0 Å². The van der Waals surface area contributed by atoms with Gasteiger partial charge < -0.3 is 16.0 Å². The Kier molecular flexibility index (Phi) is 6.73. The Balaban J connectivity index is 1.64. The molecule has 4 rings (SSSR count). The number of anilines is 1. The lowest BCUT2D eigenvalue weighted by atomic mass is 9.84. The minimum atomic E-state index is -0.507. The molecule has 31 heavy (non-hydrogen) atoms. The molecule has 1 aliphatic carbocycles. The monoisotopic (exact) mass is 426 g/mol. The van der Waals surface area contributed by atoms with Crippen molar-refractivity contribution in [1.29, 1.82) is 0 Å².